The molecular weight excluding hydrogens is 695 g/mol. The number of hydrogen-bond acceptors (Lipinski definition) is 14. The van der Waals surface area contributed by atoms with Crippen LogP contribution in [-0.4, -0.2) is 82.9 Å². The summed E-state index contributed by atoms with van der Waals surface area (Å²) in [6.45, 7) is 2.97. The molecule has 0 spiro atoms. The molecule has 2 aliphatic heterocycles. The lowest BCUT2D eigenvalue weighted by Gasteiger charge is -2.50. The van der Waals surface area contributed by atoms with Crippen molar-refractivity contribution in [1.82, 2.24) is 24.9 Å². The molecule has 50 heavy (non-hydrogen) atoms. The molecule has 260 valence electrons. The van der Waals surface area contributed by atoms with Crippen LogP contribution in [0, 0.1) is 0 Å². The Hall–Kier alpha value is -5.96. The Kier molecular flexibility index (Phi) is 8.93. The number of rotatable bonds is 12. The topological polar surface area (TPSA) is 287 Å². The van der Waals surface area contributed by atoms with Crippen LogP contribution in [0.15, 0.2) is 68.1 Å². The summed E-state index contributed by atoms with van der Waals surface area (Å²) in [6.07, 6.45) is 5.48. The summed E-state index contributed by atoms with van der Waals surface area (Å²) in [5, 5.41) is 33.5. The van der Waals surface area contributed by atoms with Gasteiger partial charge < -0.3 is 51.5 Å². The molecule has 2 aliphatic rings. The van der Waals surface area contributed by atoms with Crippen LogP contribution in [0.25, 0.3) is 10.9 Å². The van der Waals surface area contributed by atoms with Crippen LogP contribution < -0.4 is 32.2 Å². The minimum Gasteiger partial charge on any atom is -0.543 e. The fourth-order valence-corrected chi connectivity index (χ4v) is 7.06. The SMILES string of the molecule is CC(C)(ON=C(C(=O)N[C@@H]1C(=O)N2C(C(=O)[O-])=C(C[n+]3ccc4c(ccn4Cc4cc(N=C(N)N)no4)c3)CS[C@H]12)c1csc(N)n1)C(=O)O. The number of amides is 2. The van der Waals surface area contributed by atoms with E-state index in [9.17, 15) is 29.4 Å². The van der Waals surface area contributed by atoms with Crippen LogP contribution in [0.1, 0.15) is 25.3 Å². The Bertz CT molecular complexity index is 2130. The van der Waals surface area contributed by atoms with Crippen LogP contribution in [0.2, 0.25) is 0 Å². The number of nitrogens with two attached hydrogens (primary N) is 3. The highest BCUT2D eigenvalue weighted by Gasteiger charge is 2.53. The fourth-order valence-electron chi connectivity index (χ4n) is 5.18. The van der Waals surface area contributed by atoms with Crippen molar-refractivity contribution in [3.05, 3.63) is 64.9 Å². The highest BCUT2D eigenvalue weighted by atomic mass is 32.2. The van der Waals surface area contributed by atoms with Crippen molar-refractivity contribution in [1.29, 1.82) is 0 Å². The molecule has 0 aliphatic carbocycles. The number of guanidine groups is 1. The summed E-state index contributed by atoms with van der Waals surface area (Å²) in [6, 6.07) is 4.24. The fraction of sp³-hybridized carbons (Fsp3) is 0.276. The van der Waals surface area contributed by atoms with E-state index in [1.807, 2.05) is 29.1 Å². The number of thioether (sulfide) groups is 1. The third-order valence-corrected chi connectivity index (χ3v) is 9.66. The second kappa shape index (κ2) is 13.2. The number of carboxylic acids is 2. The summed E-state index contributed by atoms with van der Waals surface area (Å²) in [7, 11) is 0. The minimum absolute atomic E-state index is 0.00279. The van der Waals surface area contributed by atoms with Gasteiger partial charge in [-0.05, 0) is 19.9 Å². The van der Waals surface area contributed by atoms with Gasteiger partial charge in [0.05, 0.1) is 29.1 Å². The van der Waals surface area contributed by atoms with E-state index in [1.165, 1.54) is 31.0 Å². The molecule has 4 aromatic rings. The van der Waals surface area contributed by atoms with Crippen LogP contribution in [0.3, 0.4) is 0 Å². The first-order chi connectivity index (χ1) is 23.7. The lowest BCUT2D eigenvalue weighted by atomic mass is 10.0. The van der Waals surface area contributed by atoms with Gasteiger partial charge in [-0.1, -0.05) is 10.3 Å². The molecule has 1 fully saturated rings. The van der Waals surface area contributed by atoms with E-state index in [2.05, 4.69) is 25.6 Å². The van der Waals surface area contributed by atoms with Crippen molar-refractivity contribution in [3.8, 4) is 0 Å². The van der Waals surface area contributed by atoms with Gasteiger partial charge in [-0.15, -0.1) is 23.1 Å². The molecule has 2 amide bonds. The number of aliphatic carboxylic acids is 2. The third kappa shape index (κ3) is 6.67. The van der Waals surface area contributed by atoms with Gasteiger partial charge in [-0.3, -0.25) is 14.5 Å². The second-order valence-electron chi connectivity index (χ2n) is 11.6. The maximum Gasteiger partial charge on any atom is 0.350 e. The number of nitrogen functional groups attached to an aromatic ring is 1. The molecular formula is C29H29N11O8S2. The lowest BCUT2D eigenvalue weighted by Crippen LogP contribution is -2.71. The van der Waals surface area contributed by atoms with Crippen molar-refractivity contribution in [2.45, 2.75) is 44.0 Å². The van der Waals surface area contributed by atoms with Gasteiger partial charge in [-0.2, -0.15) is 4.99 Å². The quantitative estimate of drug-likeness (QED) is 0.0369. The lowest BCUT2D eigenvalue weighted by molar-refractivity contribution is -0.687. The number of carbonyl (C=O) groups is 4. The van der Waals surface area contributed by atoms with Gasteiger partial charge in [0.15, 0.2) is 47.3 Å². The summed E-state index contributed by atoms with van der Waals surface area (Å²) in [4.78, 5) is 64.7. The molecule has 6 rings (SSSR count). The van der Waals surface area contributed by atoms with Gasteiger partial charge in [-0.25, -0.2) is 14.3 Å². The zero-order valence-corrected chi connectivity index (χ0v) is 27.9. The molecule has 2 atom stereocenters. The Morgan fingerprint density at radius 1 is 1.30 bits per heavy atom. The standard InChI is InChI=1S/C29H29N11O8S2/c1-29(2,26(45)46)48-37-19(16-12-50-28(32)33-16)22(41)35-20-23(42)40-21(25(43)44)14(11-49-24(20)40)9-38-5-4-17-13(8-38)3-6-39(17)10-15-7-18(36-47-15)34-27(30)31/h3-8,12,20,24H,9-11H2,1-2H3,(H8-,30,31,32,33,34,35,36,41,43,44,45,46)/t20-,24-/m1/s1. The van der Waals surface area contributed by atoms with E-state index in [1.54, 1.807) is 16.8 Å². The summed E-state index contributed by atoms with van der Waals surface area (Å²) in [5.74, 6) is -3.58. The van der Waals surface area contributed by atoms with Gasteiger partial charge in [0.1, 0.15) is 17.1 Å². The van der Waals surface area contributed by atoms with E-state index in [0.29, 0.717) is 17.9 Å². The second-order valence-corrected chi connectivity index (χ2v) is 13.6. The van der Waals surface area contributed by atoms with Crippen molar-refractivity contribution < 1.29 is 43.3 Å². The largest absolute Gasteiger partial charge is 0.543 e. The number of nitrogens with one attached hydrogen (secondary N) is 1. The average Bonchev–Trinajstić information content (AvgIpc) is 3.79. The summed E-state index contributed by atoms with van der Waals surface area (Å²) < 4.78 is 9.04. The Balaban J connectivity index is 1.18. The van der Waals surface area contributed by atoms with Crippen molar-refractivity contribution >= 4 is 80.4 Å². The molecule has 0 unspecified atom stereocenters. The van der Waals surface area contributed by atoms with Crippen LogP contribution in [0.4, 0.5) is 10.9 Å². The number of carboxylic acid groups (broad SMARTS) is 2. The van der Waals surface area contributed by atoms with E-state index < -0.39 is 46.5 Å². The number of oxime groups is 1. The van der Waals surface area contributed by atoms with Gasteiger partial charge in [0.25, 0.3) is 11.8 Å². The molecule has 1 saturated heterocycles. The summed E-state index contributed by atoms with van der Waals surface area (Å²) >= 11 is 2.28. The first-order valence-electron chi connectivity index (χ1n) is 14.6. The van der Waals surface area contributed by atoms with E-state index in [0.717, 1.165) is 27.1 Å². The first-order valence-corrected chi connectivity index (χ1v) is 16.6. The number of aromatic nitrogens is 4. The molecule has 4 aromatic heterocycles. The highest BCUT2D eigenvalue weighted by molar-refractivity contribution is 8.00. The molecule has 6 heterocycles. The molecule has 19 nitrogen and oxygen atoms in total. The highest BCUT2D eigenvalue weighted by Crippen LogP contribution is 2.40. The Morgan fingerprint density at radius 2 is 2.08 bits per heavy atom. The molecule has 0 radical (unpaired) electrons. The monoisotopic (exact) mass is 723 g/mol. The van der Waals surface area contributed by atoms with Gasteiger partial charge in [0.2, 0.25) is 5.60 Å². The molecule has 8 N–H and O–H groups in total. The number of carbonyl (C=O) groups excluding carboxylic acids is 3. The molecule has 0 aromatic carbocycles. The zero-order chi connectivity index (χ0) is 35.9. The van der Waals surface area contributed by atoms with Crippen molar-refractivity contribution in [2.24, 2.45) is 21.6 Å². The number of aliphatic imine (C=N–C) groups is 1. The Labute approximate surface area is 290 Å². The maximum atomic E-state index is 13.3. The van der Waals surface area contributed by atoms with Crippen LogP contribution in [-0.2, 0) is 37.1 Å². The van der Waals surface area contributed by atoms with E-state index in [-0.39, 0.29) is 40.6 Å². The molecule has 0 bridgehead atoms. The number of anilines is 1. The van der Waals surface area contributed by atoms with Gasteiger partial charge >= 0.3 is 5.97 Å². The number of β-lactam (4-membered cyclic amide) rings is 1. The molecule has 21 heteroatoms. The number of fused-ring (bicyclic) bond motifs is 2. The van der Waals surface area contributed by atoms with Crippen LogP contribution in [0.5, 0.6) is 0 Å². The average molecular weight is 724 g/mol. The summed E-state index contributed by atoms with van der Waals surface area (Å²) in [5.41, 5.74) is 15.3. The predicted octanol–water partition coefficient (Wildman–Crippen LogP) is -1.40. The number of hydrogen-bond donors (Lipinski definition) is 5. The Morgan fingerprint density at radius 3 is 2.76 bits per heavy atom. The van der Waals surface area contributed by atoms with Crippen molar-refractivity contribution in [3.63, 3.8) is 0 Å². The first kappa shape index (κ1) is 33.9. The predicted molar refractivity (Wildman–Crippen MR) is 176 cm³/mol. The maximum absolute atomic E-state index is 13.3. The van der Waals surface area contributed by atoms with Gasteiger partial charge in [0, 0.05) is 35.0 Å². The minimum atomic E-state index is -1.79. The number of pyridine rings is 1. The smallest absolute Gasteiger partial charge is 0.350 e. The van der Waals surface area contributed by atoms with E-state index >= 15 is 0 Å². The van der Waals surface area contributed by atoms with Crippen LogP contribution >= 0.6 is 23.1 Å². The van der Waals surface area contributed by atoms with Crippen molar-refractivity contribution in [2.75, 3.05) is 11.5 Å². The normalized spacial score (nSPS) is 17.7. The number of thiazole rings is 1. The van der Waals surface area contributed by atoms with E-state index in [4.69, 9.17) is 26.6 Å². The third-order valence-electron chi connectivity index (χ3n) is 7.64. The zero-order valence-electron chi connectivity index (χ0n) is 26.3. The molecule has 0 saturated carbocycles. The number of nitrogens with zero attached hydrogens (tertiary/aromatic N) is 7.